The molecular formula is C17H23NO3. The summed E-state index contributed by atoms with van der Waals surface area (Å²) in [6, 6.07) is 7.77. The van der Waals surface area contributed by atoms with Gasteiger partial charge in [0.2, 0.25) is 0 Å². The van der Waals surface area contributed by atoms with Crippen LogP contribution in [0.25, 0.3) is 0 Å². The number of carbonyl (C=O) groups is 1. The zero-order chi connectivity index (χ0) is 14.7. The second kappa shape index (κ2) is 6.48. The van der Waals surface area contributed by atoms with E-state index in [2.05, 4.69) is 0 Å². The zero-order valence-corrected chi connectivity index (χ0v) is 12.6. The average molecular weight is 289 g/mol. The minimum Gasteiger partial charge on any atom is -0.484 e. The molecule has 0 unspecified atom stereocenters. The lowest BCUT2D eigenvalue weighted by Gasteiger charge is -2.17. The molecule has 3 rings (SSSR count). The minimum atomic E-state index is 0.0516. The summed E-state index contributed by atoms with van der Waals surface area (Å²) in [4.78, 5) is 14.0. The lowest BCUT2D eigenvalue weighted by Crippen LogP contribution is -2.34. The van der Waals surface area contributed by atoms with Crippen LogP contribution in [0.3, 0.4) is 0 Å². The molecule has 0 bridgehead atoms. The second-order valence-corrected chi connectivity index (χ2v) is 6.08. The van der Waals surface area contributed by atoms with Gasteiger partial charge in [0.25, 0.3) is 5.91 Å². The Morgan fingerprint density at radius 1 is 1.29 bits per heavy atom. The molecule has 0 N–H and O–H groups in total. The topological polar surface area (TPSA) is 38.8 Å². The molecule has 2 aliphatic rings. The molecule has 1 aromatic carbocycles. The Bertz CT molecular complexity index is 499. The molecule has 1 aliphatic heterocycles. The largest absolute Gasteiger partial charge is 0.484 e. The number of hydrogen-bond donors (Lipinski definition) is 0. The minimum absolute atomic E-state index is 0.0516. The van der Waals surface area contributed by atoms with E-state index in [0.717, 1.165) is 36.8 Å². The molecule has 0 aromatic heterocycles. The Morgan fingerprint density at radius 3 is 2.86 bits per heavy atom. The van der Waals surface area contributed by atoms with Crippen molar-refractivity contribution in [3.05, 3.63) is 29.8 Å². The van der Waals surface area contributed by atoms with Gasteiger partial charge in [0, 0.05) is 19.7 Å². The lowest BCUT2D eigenvalue weighted by atomic mass is 10.2. The van der Waals surface area contributed by atoms with E-state index in [9.17, 15) is 4.79 Å². The van der Waals surface area contributed by atoms with Crippen LogP contribution < -0.4 is 4.74 Å². The first-order valence-electron chi connectivity index (χ1n) is 7.80. The summed E-state index contributed by atoms with van der Waals surface area (Å²) in [5, 5.41) is 0. The van der Waals surface area contributed by atoms with Crippen LogP contribution >= 0.6 is 0 Å². The summed E-state index contributed by atoms with van der Waals surface area (Å²) >= 11 is 0. The maximum absolute atomic E-state index is 12.2. The number of likely N-dealkylation sites (tertiary alicyclic amines) is 1. The molecule has 1 amide bonds. The Morgan fingerprint density at radius 2 is 2.10 bits per heavy atom. The van der Waals surface area contributed by atoms with E-state index < -0.39 is 0 Å². The number of amides is 1. The van der Waals surface area contributed by atoms with Gasteiger partial charge in [-0.15, -0.1) is 0 Å². The Hall–Kier alpha value is -1.55. The van der Waals surface area contributed by atoms with Gasteiger partial charge in [-0.25, -0.2) is 0 Å². The summed E-state index contributed by atoms with van der Waals surface area (Å²) in [7, 11) is 0. The van der Waals surface area contributed by atoms with Crippen molar-refractivity contribution in [3.63, 3.8) is 0 Å². The first-order valence-corrected chi connectivity index (χ1v) is 7.80. The van der Waals surface area contributed by atoms with Crippen LogP contribution in [0.15, 0.2) is 24.3 Å². The molecule has 1 saturated carbocycles. The molecule has 1 aromatic rings. The number of hydrogen-bond acceptors (Lipinski definition) is 3. The smallest absolute Gasteiger partial charge is 0.260 e. The molecule has 1 atom stereocenters. The van der Waals surface area contributed by atoms with Crippen LogP contribution in [0, 0.1) is 12.8 Å². The molecule has 114 valence electrons. The van der Waals surface area contributed by atoms with Crippen molar-refractivity contribution in [2.45, 2.75) is 32.3 Å². The fourth-order valence-electron chi connectivity index (χ4n) is 2.60. The summed E-state index contributed by atoms with van der Waals surface area (Å²) in [5.41, 5.74) is 1.05. The van der Waals surface area contributed by atoms with E-state index in [1.54, 1.807) is 0 Å². The summed E-state index contributed by atoms with van der Waals surface area (Å²) in [6.45, 7) is 4.46. The van der Waals surface area contributed by atoms with Gasteiger partial charge < -0.3 is 14.4 Å². The highest BCUT2D eigenvalue weighted by molar-refractivity contribution is 5.78. The quantitative estimate of drug-likeness (QED) is 0.807. The van der Waals surface area contributed by atoms with Gasteiger partial charge in [-0.3, -0.25) is 4.79 Å². The van der Waals surface area contributed by atoms with Crippen molar-refractivity contribution >= 4 is 5.91 Å². The van der Waals surface area contributed by atoms with Crippen molar-refractivity contribution < 1.29 is 14.3 Å². The number of nitrogens with zero attached hydrogens (tertiary/aromatic N) is 1. The summed E-state index contributed by atoms with van der Waals surface area (Å²) < 4.78 is 11.5. The highest BCUT2D eigenvalue weighted by Gasteiger charge is 2.29. The third-order valence-corrected chi connectivity index (χ3v) is 4.21. The van der Waals surface area contributed by atoms with Gasteiger partial charge in [-0.1, -0.05) is 18.2 Å². The number of ether oxygens (including phenoxy) is 2. The van der Waals surface area contributed by atoms with Crippen LogP contribution in [-0.2, 0) is 9.53 Å². The zero-order valence-electron chi connectivity index (χ0n) is 12.6. The maximum atomic E-state index is 12.2. The molecule has 2 fully saturated rings. The number of rotatable bonds is 6. The molecule has 0 radical (unpaired) electrons. The predicted molar refractivity (Wildman–Crippen MR) is 80.3 cm³/mol. The van der Waals surface area contributed by atoms with Gasteiger partial charge >= 0.3 is 0 Å². The highest BCUT2D eigenvalue weighted by atomic mass is 16.5. The fourth-order valence-corrected chi connectivity index (χ4v) is 2.60. The SMILES string of the molecule is Cc1ccccc1OCC(=O)N1CC[C@H](OCC2CC2)C1. The summed E-state index contributed by atoms with van der Waals surface area (Å²) in [5.74, 6) is 1.61. The fraction of sp³-hybridized carbons (Fsp3) is 0.588. The van der Waals surface area contributed by atoms with Crippen LogP contribution in [0.4, 0.5) is 0 Å². The molecule has 4 heteroatoms. The first-order chi connectivity index (χ1) is 10.2. The number of para-hydroxylation sites is 1. The Labute approximate surface area is 126 Å². The number of benzene rings is 1. The molecular weight excluding hydrogens is 266 g/mol. The van der Waals surface area contributed by atoms with Gasteiger partial charge in [-0.05, 0) is 43.7 Å². The second-order valence-electron chi connectivity index (χ2n) is 6.08. The van der Waals surface area contributed by atoms with E-state index in [0.29, 0.717) is 6.54 Å². The lowest BCUT2D eigenvalue weighted by molar-refractivity contribution is -0.132. The predicted octanol–water partition coefficient (Wildman–Crippen LogP) is 2.40. The van der Waals surface area contributed by atoms with Crippen molar-refractivity contribution in [1.82, 2.24) is 4.90 Å². The van der Waals surface area contributed by atoms with Gasteiger partial charge in [0.05, 0.1) is 6.10 Å². The van der Waals surface area contributed by atoms with Crippen molar-refractivity contribution in [2.24, 2.45) is 5.92 Å². The first kappa shape index (κ1) is 14.4. The van der Waals surface area contributed by atoms with Crippen molar-refractivity contribution in [3.8, 4) is 5.75 Å². The molecule has 1 heterocycles. The third kappa shape index (κ3) is 3.97. The molecule has 0 spiro atoms. The van der Waals surface area contributed by atoms with E-state index >= 15 is 0 Å². The van der Waals surface area contributed by atoms with Crippen LogP contribution in [-0.4, -0.2) is 43.2 Å². The number of aryl methyl sites for hydroxylation is 1. The monoisotopic (exact) mass is 289 g/mol. The Balaban J connectivity index is 1.42. The van der Waals surface area contributed by atoms with E-state index in [-0.39, 0.29) is 18.6 Å². The van der Waals surface area contributed by atoms with E-state index in [1.807, 2.05) is 36.1 Å². The van der Waals surface area contributed by atoms with Crippen molar-refractivity contribution in [1.29, 1.82) is 0 Å². The summed E-state index contributed by atoms with van der Waals surface area (Å²) in [6.07, 6.45) is 3.77. The molecule has 1 saturated heterocycles. The van der Waals surface area contributed by atoms with Crippen molar-refractivity contribution in [2.75, 3.05) is 26.3 Å². The standard InChI is InChI=1S/C17H23NO3/c1-13-4-2-3-5-16(13)21-12-17(19)18-9-8-15(10-18)20-11-14-6-7-14/h2-5,14-15H,6-12H2,1H3/t15-/m0/s1. The molecule has 1 aliphatic carbocycles. The molecule has 21 heavy (non-hydrogen) atoms. The van der Waals surface area contributed by atoms with Crippen LogP contribution in [0.5, 0.6) is 5.75 Å². The van der Waals surface area contributed by atoms with Crippen LogP contribution in [0.1, 0.15) is 24.8 Å². The van der Waals surface area contributed by atoms with Gasteiger partial charge in [-0.2, -0.15) is 0 Å². The Kier molecular flexibility index (Phi) is 4.44. The highest BCUT2D eigenvalue weighted by Crippen LogP contribution is 2.30. The average Bonchev–Trinajstić information content (AvgIpc) is 3.20. The van der Waals surface area contributed by atoms with Crippen LogP contribution in [0.2, 0.25) is 0 Å². The maximum Gasteiger partial charge on any atom is 0.260 e. The molecule has 4 nitrogen and oxygen atoms in total. The van der Waals surface area contributed by atoms with E-state index in [4.69, 9.17) is 9.47 Å². The van der Waals surface area contributed by atoms with E-state index in [1.165, 1.54) is 12.8 Å². The number of carbonyl (C=O) groups excluding carboxylic acids is 1. The third-order valence-electron chi connectivity index (χ3n) is 4.21. The normalized spacial score (nSPS) is 21.6. The van der Waals surface area contributed by atoms with Gasteiger partial charge in [0.15, 0.2) is 6.61 Å². The van der Waals surface area contributed by atoms with Gasteiger partial charge in [0.1, 0.15) is 5.75 Å².